The number of hydrogen-bond acceptors (Lipinski definition) is 3. The van der Waals surface area contributed by atoms with Gasteiger partial charge in [-0.15, -0.1) is 11.8 Å². The molecule has 3 nitrogen and oxygen atoms in total. The Balaban J connectivity index is 1.94. The lowest BCUT2D eigenvalue weighted by atomic mass is 10.1. The quantitative estimate of drug-likeness (QED) is 0.834. The monoisotopic (exact) mass is 251 g/mol. The lowest BCUT2D eigenvalue weighted by Gasteiger charge is -2.18. The van der Waals surface area contributed by atoms with E-state index < -0.39 is 0 Å². The van der Waals surface area contributed by atoms with E-state index in [2.05, 4.69) is 11.4 Å². The predicted molar refractivity (Wildman–Crippen MR) is 69.7 cm³/mol. The molecule has 0 radical (unpaired) electrons. The molecule has 92 valence electrons. The van der Waals surface area contributed by atoms with Crippen molar-refractivity contribution in [2.45, 2.75) is 24.7 Å². The van der Waals surface area contributed by atoms with Gasteiger partial charge in [0.05, 0.1) is 11.4 Å². The minimum absolute atomic E-state index is 0.0157. The fraction of sp³-hybridized carbons (Fsp3) is 0.462. The van der Waals surface area contributed by atoms with Crippen molar-refractivity contribution in [2.75, 3.05) is 18.9 Å². The SMILES string of the molecule is CC(=O)NCCOc1cccc2c1SCCC2. The Hall–Kier alpha value is -1.16. The molecule has 1 amide bonds. The van der Waals surface area contributed by atoms with E-state index in [0.29, 0.717) is 13.2 Å². The van der Waals surface area contributed by atoms with Crippen LogP contribution in [-0.4, -0.2) is 24.8 Å². The smallest absolute Gasteiger partial charge is 0.216 e. The van der Waals surface area contributed by atoms with Crippen LogP contribution in [-0.2, 0) is 11.2 Å². The van der Waals surface area contributed by atoms with E-state index in [9.17, 15) is 4.79 Å². The van der Waals surface area contributed by atoms with E-state index in [0.717, 1.165) is 12.2 Å². The summed E-state index contributed by atoms with van der Waals surface area (Å²) in [6.45, 7) is 2.60. The summed E-state index contributed by atoms with van der Waals surface area (Å²) in [5, 5.41) is 2.73. The van der Waals surface area contributed by atoms with Gasteiger partial charge in [-0.2, -0.15) is 0 Å². The third-order valence-corrected chi connectivity index (χ3v) is 3.88. The molecule has 1 aromatic rings. The van der Waals surface area contributed by atoms with Crippen molar-refractivity contribution in [1.82, 2.24) is 5.32 Å². The van der Waals surface area contributed by atoms with Gasteiger partial charge in [-0.05, 0) is 30.2 Å². The van der Waals surface area contributed by atoms with Gasteiger partial charge >= 0.3 is 0 Å². The van der Waals surface area contributed by atoms with Crippen LogP contribution in [0.15, 0.2) is 23.1 Å². The molecule has 4 heteroatoms. The van der Waals surface area contributed by atoms with Crippen LogP contribution >= 0.6 is 11.8 Å². The summed E-state index contributed by atoms with van der Waals surface area (Å²) in [7, 11) is 0. The number of fused-ring (bicyclic) bond motifs is 1. The van der Waals surface area contributed by atoms with Crippen LogP contribution < -0.4 is 10.1 Å². The van der Waals surface area contributed by atoms with Crippen molar-refractivity contribution in [2.24, 2.45) is 0 Å². The number of benzene rings is 1. The molecular weight excluding hydrogens is 234 g/mol. The first-order chi connectivity index (χ1) is 8.27. The fourth-order valence-electron chi connectivity index (χ4n) is 1.86. The molecule has 0 saturated heterocycles. The Morgan fingerprint density at radius 3 is 3.24 bits per heavy atom. The van der Waals surface area contributed by atoms with E-state index in [-0.39, 0.29) is 5.91 Å². The lowest BCUT2D eigenvalue weighted by Crippen LogP contribution is -2.25. The Morgan fingerprint density at radius 1 is 1.53 bits per heavy atom. The Kier molecular flexibility index (Phi) is 4.31. The van der Waals surface area contributed by atoms with Crippen molar-refractivity contribution in [1.29, 1.82) is 0 Å². The van der Waals surface area contributed by atoms with Crippen LogP contribution in [0.3, 0.4) is 0 Å². The first-order valence-corrected chi connectivity index (χ1v) is 6.88. The van der Waals surface area contributed by atoms with E-state index in [1.165, 1.54) is 29.6 Å². The van der Waals surface area contributed by atoms with Gasteiger partial charge in [0.2, 0.25) is 5.91 Å². The number of aryl methyl sites for hydroxylation is 1. The molecule has 1 aliphatic rings. The summed E-state index contributed by atoms with van der Waals surface area (Å²) in [6.07, 6.45) is 2.39. The Bertz CT molecular complexity index is 406. The number of amides is 1. The number of carbonyl (C=O) groups excluding carboxylic acids is 1. The van der Waals surface area contributed by atoms with Crippen LogP contribution in [0.1, 0.15) is 18.9 Å². The largest absolute Gasteiger partial charge is 0.491 e. The first kappa shape index (κ1) is 12.3. The molecule has 1 aromatic carbocycles. The molecular formula is C13H17NO2S. The van der Waals surface area contributed by atoms with Crippen molar-refractivity contribution in [3.8, 4) is 5.75 Å². The van der Waals surface area contributed by atoms with Gasteiger partial charge in [0.15, 0.2) is 0 Å². The van der Waals surface area contributed by atoms with Crippen LogP contribution in [0, 0.1) is 0 Å². The maximum Gasteiger partial charge on any atom is 0.216 e. The second-order valence-electron chi connectivity index (χ2n) is 4.03. The number of ether oxygens (including phenoxy) is 1. The summed E-state index contributed by atoms with van der Waals surface area (Å²) in [4.78, 5) is 12.0. The summed E-state index contributed by atoms with van der Waals surface area (Å²) in [6, 6.07) is 6.21. The molecule has 1 heterocycles. The highest BCUT2D eigenvalue weighted by Crippen LogP contribution is 2.37. The third kappa shape index (κ3) is 3.40. The van der Waals surface area contributed by atoms with E-state index >= 15 is 0 Å². The summed E-state index contributed by atoms with van der Waals surface area (Å²) >= 11 is 1.87. The average molecular weight is 251 g/mol. The zero-order valence-corrected chi connectivity index (χ0v) is 10.8. The van der Waals surface area contributed by atoms with Gasteiger partial charge in [-0.1, -0.05) is 12.1 Å². The molecule has 0 fully saturated rings. The van der Waals surface area contributed by atoms with Gasteiger partial charge in [0.25, 0.3) is 0 Å². The summed E-state index contributed by atoms with van der Waals surface area (Å²) < 4.78 is 5.72. The molecule has 1 aliphatic heterocycles. The van der Waals surface area contributed by atoms with E-state index in [1.54, 1.807) is 0 Å². The molecule has 0 spiro atoms. The highest BCUT2D eigenvalue weighted by Gasteiger charge is 2.14. The molecule has 0 atom stereocenters. The van der Waals surface area contributed by atoms with Crippen molar-refractivity contribution in [3.05, 3.63) is 23.8 Å². The van der Waals surface area contributed by atoms with Gasteiger partial charge < -0.3 is 10.1 Å². The molecule has 0 aromatic heterocycles. The molecule has 0 bridgehead atoms. The predicted octanol–water partition coefficient (Wildman–Crippen LogP) is 2.24. The van der Waals surface area contributed by atoms with Crippen molar-refractivity contribution >= 4 is 17.7 Å². The topological polar surface area (TPSA) is 38.3 Å². The molecule has 17 heavy (non-hydrogen) atoms. The molecule has 1 N–H and O–H groups in total. The van der Waals surface area contributed by atoms with Crippen molar-refractivity contribution < 1.29 is 9.53 Å². The summed E-state index contributed by atoms with van der Waals surface area (Å²) in [5.41, 5.74) is 1.39. The molecule has 2 rings (SSSR count). The number of rotatable bonds is 4. The van der Waals surface area contributed by atoms with E-state index in [1.807, 2.05) is 23.9 Å². The molecule has 0 aliphatic carbocycles. The lowest BCUT2D eigenvalue weighted by molar-refractivity contribution is -0.119. The zero-order chi connectivity index (χ0) is 12.1. The normalized spacial score (nSPS) is 13.9. The fourth-order valence-corrected chi connectivity index (χ4v) is 2.98. The number of hydrogen-bond donors (Lipinski definition) is 1. The maximum absolute atomic E-state index is 10.7. The van der Waals surface area contributed by atoms with Crippen LogP contribution in [0.25, 0.3) is 0 Å². The third-order valence-electron chi connectivity index (χ3n) is 2.63. The Morgan fingerprint density at radius 2 is 2.41 bits per heavy atom. The first-order valence-electron chi connectivity index (χ1n) is 5.89. The highest BCUT2D eigenvalue weighted by atomic mass is 32.2. The van der Waals surface area contributed by atoms with Gasteiger partial charge in [0, 0.05) is 6.92 Å². The standard InChI is InChI=1S/C13H17NO2S/c1-10(15)14-7-8-16-12-6-2-4-11-5-3-9-17-13(11)12/h2,4,6H,3,5,7-9H2,1H3,(H,14,15). The Labute approximate surface area is 106 Å². The van der Waals surface area contributed by atoms with Crippen LogP contribution in [0.4, 0.5) is 0 Å². The zero-order valence-electron chi connectivity index (χ0n) is 9.99. The van der Waals surface area contributed by atoms with Crippen molar-refractivity contribution in [3.63, 3.8) is 0 Å². The molecule has 0 saturated carbocycles. The van der Waals surface area contributed by atoms with Gasteiger partial charge in [-0.3, -0.25) is 4.79 Å². The van der Waals surface area contributed by atoms with Crippen LogP contribution in [0.5, 0.6) is 5.75 Å². The summed E-state index contributed by atoms with van der Waals surface area (Å²) in [5.74, 6) is 2.11. The van der Waals surface area contributed by atoms with Gasteiger partial charge in [0.1, 0.15) is 12.4 Å². The number of carbonyl (C=O) groups is 1. The van der Waals surface area contributed by atoms with E-state index in [4.69, 9.17) is 4.74 Å². The minimum Gasteiger partial charge on any atom is -0.491 e. The van der Waals surface area contributed by atoms with Crippen LogP contribution in [0.2, 0.25) is 0 Å². The second kappa shape index (κ2) is 5.96. The highest BCUT2D eigenvalue weighted by molar-refractivity contribution is 7.99. The number of thioether (sulfide) groups is 1. The second-order valence-corrected chi connectivity index (χ2v) is 5.13. The minimum atomic E-state index is -0.0157. The average Bonchev–Trinajstić information content (AvgIpc) is 2.34. The maximum atomic E-state index is 10.7. The van der Waals surface area contributed by atoms with Gasteiger partial charge in [-0.25, -0.2) is 0 Å². The molecule has 0 unspecified atom stereocenters. The number of nitrogens with one attached hydrogen (secondary N) is 1.